The Kier molecular flexibility index (Phi) is 2.49. The third kappa shape index (κ3) is 1.87. The topological polar surface area (TPSA) is 3.24 Å². The van der Waals surface area contributed by atoms with Crippen molar-refractivity contribution in [2.75, 3.05) is 7.05 Å². The van der Waals surface area contributed by atoms with E-state index < -0.39 is 0 Å². The van der Waals surface area contributed by atoms with E-state index in [4.69, 9.17) is 0 Å². The molecule has 1 aromatic carbocycles. The lowest BCUT2D eigenvalue weighted by Crippen LogP contribution is -2.21. The van der Waals surface area contributed by atoms with Crippen molar-refractivity contribution in [1.82, 2.24) is 4.90 Å². The van der Waals surface area contributed by atoms with Crippen LogP contribution in [0.15, 0.2) is 47.7 Å². The number of hydrogen-bond donors (Lipinski definition) is 0. The normalized spacial score (nSPS) is 17.6. The van der Waals surface area contributed by atoms with Crippen molar-refractivity contribution in [3.05, 3.63) is 58.8 Å². The lowest BCUT2D eigenvalue weighted by molar-refractivity contribution is 0.391. The van der Waals surface area contributed by atoms with Gasteiger partial charge < -0.3 is 4.90 Å². The zero-order valence-corrected chi connectivity index (χ0v) is 10.0. The van der Waals surface area contributed by atoms with Gasteiger partial charge in [0.2, 0.25) is 0 Å². The summed E-state index contributed by atoms with van der Waals surface area (Å²) in [5.41, 5.74) is 5.05. The molecule has 0 fully saturated rings. The van der Waals surface area contributed by atoms with Gasteiger partial charge in [-0.05, 0) is 30.5 Å². The van der Waals surface area contributed by atoms with Crippen molar-refractivity contribution in [3.63, 3.8) is 0 Å². The molecule has 0 atom stereocenters. The lowest BCUT2D eigenvalue weighted by Gasteiger charge is -2.27. The second-order valence-electron chi connectivity index (χ2n) is 4.56. The number of nitrogens with zero attached hydrogens (tertiary/aromatic N) is 1. The first-order valence-corrected chi connectivity index (χ1v) is 6.05. The van der Waals surface area contributed by atoms with Crippen LogP contribution in [-0.4, -0.2) is 11.9 Å². The molecule has 1 heteroatoms. The molecule has 0 spiro atoms. The van der Waals surface area contributed by atoms with Gasteiger partial charge >= 0.3 is 0 Å². The van der Waals surface area contributed by atoms with Crippen molar-refractivity contribution < 1.29 is 0 Å². The van der Waals surface area contributed by atoms with Gasteiger partial charge in [-0.3, -0.25) is 0 Å². The molecule has 0 N–H and O–H groups in total. The van der Waals surface area contributed by atoms with E-state index in [1.807, 2.05) is 0 Å². The SMILES string of the molecule is CN1Cc2ccccc2C#CC2=C1CCC=C2. The molecular formula is C16H15N. The molecule has 0 aromatic heterocycles. The van der Waals surface area contributed by atoms with E-state index in [1.54, 1.807) is 0 Å². The first-order chi connectivity index (χ1) is 8.34. The van der Waals surface area contributed by atoms with Crippen molar-refractivity contribution in [1.29, 1.82) is 0 Å². The second-order valence-corrected chi connectivity index (χ2v) is 4.56. The molecule has 0 radical (unpaired) electrons. The Morgan fingerprint density at radius 1 is 1.18 bits per heavy atom. The molecule has 3 rings (SSSR count). The maximum atomic E-state index is 3.31. The monoisotopic (exact) mass is 221 g/mol. The van der Waals surface area contributed by atoms with Crippen LogP contribution >= 0.6 is 0 Å². The van der Waals surface area contributed by atoms with Crippen LogP contribution < -0.4 is 0 Å². The molecule has 0 bridgehead atoms. The number of rotatable bonds is 0. The van der Waals surface area contributed by atoms with Gasteiger partial charge in [0, 0.05) is 30.4 Å². The van der Waals surface area contributed by atoms with E-state index in [0.717, 1.165) is 24.9 Å². The zero-order valence-electron chi connectivity index (χ0n) is 10.0. The average Bonchev–Trinajstić information content (AvgIpc) is 2.36. The molecule has 1 nitrogen and oxygen atoms in total. The van der Waals surface area contributed by atoms with Gasteiger partial charge in [0.15, 0.2) is 0 Å². The maximum absolute atomic E-state index is 3.31. The Labute approximate surface area is 102 Å². The van der Waals surface area contributed by atoms with Crippen LogP contribution in [0.3, 0.4) is 0 Å². The molecule has 0 amide bonds. The van der Waals surface area contributed by atoms with E-state index in [0.29, 0.717) is 0 Å². The summed E-state index contributed by atoms with van der Waals surface area (Å²) in [6, 6.07) is 8.42. The minimum Gasteiger partial charge on any atom is -0.372 e. The van der Waals surface area contributed by atoms with E-state index in [-0.39, 0.29) is 0 Å². The molecule has 2 aliphatic rings. The number of fused-ring (bicyclic) bond motifs is 1. The molecule has 1 aliphatic heterocycles. The molecule has 1 aliphatic carbocycles. The predicted molar refractivity (Wildman–Crippen MR) is 70.2 cm³/mol. The van der Waals surface area contributed by atoms with Crippen LogP contribution in [0.4, 0.5) is 0 Å². The number of hydrogen-bond acceptors (Lipinski definition) is 1. The Hall–Kier alpha value is -1.94. The fourth-order valence-electron chi connectivity index (χ4n) is 2.43. The molecule has 0 saturated carbocycles. The minimum atomic E-state index is 0.956. The predicted octanol–water partition coefficient (Wildman–Crippen LogP) is 3.09. The van der Waals surface area contributed by atoms with Gasteiger partial charge in [-0.1, -0.05) is 36.1 Å². The Morgan fingerprint density at radius 3 is 3.00 bits per heavy atom. The lowest BCUT2D eigenvalue weighted by atomic mass is 9.98. The van der Waals surface area contributed by atoms with Crippen LogP contribution in [0, 0.1) is 11.8 Å². The average molecular weight is 221 g/mol. The van der Waals surface area contributed by atoms with Crippen molar-refractivity contribution in [2.45, 2.75) is 19.4 Å². The van der Waals surface area contributed by atoms with E-state index in [1.165, 1.54) is 16.8 Å². The molecular weight excluding hydrogens is 206 g/mol. The standard InChI is InChI=1S/C16H15N/c1-17-12-15-8-3-2-6-13(15)10-11-14-7-4-5-9-16(14)17/h2-4,6-8H,5,9,12H2,1H3. The minimum absolute atomic E-state index is 0.956. The molecule has 84 valence electrons. The highest BCUT2D eigenvalue weighted by molar-refractivity contribution is 5.52. The molecule has 0 unspecified atom stereocenters. The van der Waals surface area contributed by atoms with E-state index in [2.05, 4.69) is 60.2 Å². The molecule has 1 heterocycles. The summed E-state index contributed by atoms with van der Waals surface area (Å²) in [7, 11) is 2.16. The van der Waals surface area contributed by atoms with Crippen LogP contribution in [0.1, 0.15) is 24.0 Å². The van der Waals surface area contributed by atoms with E-state index >= 15 is 0 Å². The highest BCUT2D eigenvalue weighted by atomic mass is 15.1. The summed E-state index contributed by atoms with van der Waals surface area (Å²) >= 11 is 0. The van der Waals surface area contributed by atoms with Gasteiger partial charge in [0.25, 0.3) is 0 Å². The third-order valence-electron chi connectivity index (χ3n) is 3.36. The fraction of sp³-hybridized carbons (Fsp3) is 0.250. The van der Waals surface area contributed by atoms with Crippen molar-refractivity contribution >= 4 is 0 Å². The third-order valence-corrected chi connectivity index (χ3v) is 3.36. The Bertz CT molecular complexity index is 567. The summed E-state index contributed by atoms with van der Waals surface area (Å²) in [5, 5.41) is 0. The maximum Gasteiger partial charge on any atom is 0.0437 e. The second kappa shape index (κ2) is 4.14. The highest BCUT2D eigenvalue weighted by Gasteiger charge is 2.14. The quantitative estimate of drug-likeness (QED) is 0.608. The first kappa shape index (κ1) is 10.2. The summed E-state index contributed by atoms with van der Waals surface area (Å²) in [6.45, 7) is 0.956. The molecule has 1 aromatic rings. The number of benzene rings is 1. The summed E-state index contributed by atoms with van der Waals surface area (Å²) < 4.78 is 0. The van der Waals surface area contributed by atoms with Crippen LogP contribution in [0.2, 0.25) is 0 Å². The smallest absolute Gasteiger partial charge is 0.0437 e. The zero-order chi connectivity index (χ0) is 11.7. The Balaban J connectivity index is 2.13. The van der Waals surface area contributed by atoms with Crippen molar-refractivity contribution in [3.8, 4) is 11.8 Å². The molecule has 0 saturated heterocycles. The van der Waals surface area contributed by atoms with Crippen molar-refractivity contribution in [2.24, 2.45) is 0 Å². The van der Waals surface area contributed by atoms with Gasteiger partial charge in [-0.25, -0.2) is 0 Å². The van der Waals surface area contributed by atoms with Gasteiger partial charge in [-0.2, -0.15) is 0 Å². The van der Waals surface area contributed by atoms with Gasteiger partial charge in [-0.15, -0.1) is 0 Å². The Morgan fingerprint density at radius 2 is 2.06 bits per heavy atom. The number of allylic oxidation sites excluding steroid dienone is 4. The fourth-order valence-corrected chi connectivity index (χ4v) is 2.43. The van der Waals surface area contributed by atoms with E-state index in [9.17, 15) is 0 Å². The van der Waals surface area contributed by atoms with Crippen LogP contribution in [0.5, 0.6) is 0 Å². The van der Waals surface area contributed by atoms with Crippen LogP contribution in [0.25, 0.3) is 0 Å². The van der Waals surface area contributed by atoms with Gasteiger partial charge in [0.1, 0.15) is 0 Å². The van der Waals surface area contributed by atoms with Crippen LogP contribution in [-0.2, 0) is 6.54 Å². The summed E-state index contributed by atoms with van der Waals surface area (Å²) in [5.74, 6) is 6.61. The summed E-state index contributed by atoms with van der Waals surface area (Å²) in [4.78, 5) is 2.34. The first-order valence-electron chi connectivity index (χ1n) is 6.05. The molecule has 17 heavy (non-hydrogen) atoms. The largest absolute Gasteiger partial charge is 0.372 e. The van der Waals surface area contributed by atoms with Gasteiger partial charge in [0.05, 0.1) is 0 Å². The summed E-state index contributed by atoms with van der Waals surface area (Å²) in [6.07, 6.45) is 6.62. The highest BCUT2D eigenvalue weighted by Crippen LogP contribution is 2.25.